The molecule has 5 heteroatoms. The first-order valence-corrected chi connectivity index (χ1v) is 8.37. The smallest absolute Gasteiger partial charge is 0.338 e. The maximum Gasteiger partial charge on any atom is 0.338 e. The van der Waals surface area contributed by atoms with Crippen molar-refractivity contribution in [1.82, 2.24) is 5.32 Å². The number of ether oxygens (including phenoxy) is 1. The van der Waals surface area contributed by atoms with Gasteiger partial charge in [-0.1, -0.05) is 23.8 Å². The van der Waals surface area contributed by atoms with E-state index in [0.717, 1.165) is 6.42 Å². The van der Waals surface area contributed by atoms with Crippen molar-refractivity contribution in [3.8, 4) is 0 Å². The van der Waals surface area contributed by atoms with Gasteiger partial charge in [0.05, 0.1) is 12.2 Å². The average molecular weight is 340 g/mol. The van der Waals surface area contributed by atoms with E-state index in [1.807, 2.05) is 0 Å². The SMILES string of the molecule is CCOC(=O)c1ccc(NC(=O)NCCc2ccc(C)cc2C)cc1. The van der Waals surface area contributed by atoms with Gasteiger partial charge in [0, 0.05) is 12.2 Å². The molecule has 5 nitrogen and oxygen atoms in total. The molecule has 0 atom stereocenters. The Hall–Kier alpha value is -2.82. The molecule has 2 rings (SSSR count). The molecule has 0 unspecified atom stereocenters. The first-order valence-electron chi connectivity index (χ1n) is 8.37. The Bertz CT molecular complexity index is 739. The van der Waals surface area contributed by atoms with Gasteiger partial charge < -0.3 is 15.4 Å². The van der Waals surface area contributed by atoms with Gasteiger partial charge in [-0.05, 0) is 62.6 Å². The summed E-state index contributed by atoms with van der Waals surface area (Å²) in [5, 5.41) is 5.59. The van der Waals surface area contributed by atoms with Gasteiger partial charge >= 0.3 is 12.0 Å². The van der Waals surface area contributed by atoms with Crippen LogP contribution in [0.3, 0.4) is 0 Å². The van der Waals surface area contributed by atoms with Crippen LogP contribution in [-0.4, -0.2) is 25.2 Å². The highest BCUT2D eigenvalue weighted by molar-refractivity contribution is 5.92. The van der Waals surface area contributed by atoms with Crippen molar-refractivity contribution in [3.63, 3.8) is 0 Å². The van der Waals surface area contributed by atoms with Crippen molar-refractivity contribution in [2.45, 2.75) is 27.2 Å². The number of carbonyl (C=O) groups excluding carboxylic acids is 2. The zero-order valence-corrected chi connectivity index (χ0v) is 14.9. The number of aryl methyl sites for hydroxylation is 2. The molecule has 0 aliphatic rings. The fraction of sp³-hybridized carbons (Fsp3) is 0.300. The molecule has 0 bridgehead atoms. The van der Waals surface area contributed by atoms with Crippen molar-refractivity contribution in [2.24, 2.45) is 0 Å². The summed E-state index contributed by atoms with van der Waals surface area (Å²) >= 11 is 0. The van der Waals surface area contributed by atoms with Gasteiger partial charge in [-0.25, -0.2) is 9.59 Å². The number of esters is 1. The van der Waals surface area contributed by atoms with Crippen LogP contribution in [0.4, 0.5) is 10.5 Å². The van der Waals surface area contributed by atoms with E-state index in [9.17, 15) is 9.59 Å². The summed E-state index contributed by atoms with van der Waals surface area (Å²) in [6.07, 6.45) is 0.779. The lowest BCUT2D eigenvalue weighted by Crippen LogP contribution is -2.30. The maximum atomic E-state index is 11.9. The van der Waals surface area contributed by atoms with Crippen molar-refractivity contribution in [3.05, 3.63) is 64.7 Å². The zero-order valence-electron chi connectivity index (χ0n) is 14.9. The van der Waals surface area contributed by atoms with Crippen LogP contribution in [-0.2, 0) is 11.2 Å². The second kappa shape index (κ2) is 8.87. The fourth-order valence-electron chi connectivity index (χ4n) is 2.52. The summed E-state index contributed by atoms with van der Waals surface area (Å²) in [5.41, 5.74) is 4.78. The van der Waals surface area contributed by atoms with Crippen LogP contribution in [0.1, 0.15) is 34.0 Å². The molecule has 0 aromatic heterocycles. The van der Waals surface area contributed by atoms with E-state index < -0.39 is 0 Å². The van der Waals surface area contributed by atoms with Crippen molar-refractivity contribution < 1.29 is 14.3 Å². The third-order valence-corrected chi connectivity index (χ3v) is 3.83. The summed E-state index contributed by atoms with van der Waals surface area (Å²) in [6.45, 7) is 6.79. The van der Waals surface area contributed by atoms with Crippen LogP contribution in [0.15, 0.2) is 42.5 Å². The largest absolute Gasteiger partial charge is 0.462 e. The quantitative estimate of drug-likeness (QED) is 0.785. The number of urea groups is 1. The highest BCUT2D eigenvalue weighted by Gasteiger charge is 2.07. The van der Waals surface area contributed by atoms with Crippen LogP contribution in [0.5, 0.6) is 0 Å². The summed E-state index contributed by atoms with van der Waals surface area (Å²) in [4.78, 5) is 23.5. The Morgan fingerprint density at radius 1 is 1.04 bits per heavy atom. The number of carbonyl (C=O) groups is 2. The van der Waals surface area contributed by atoms with Gasteiger partial charge in [0.25, 0.3) is 0 Å². The number of hydrogen-bond donors (Lipinski definition) is 2. The van der Waals surface area contributed by atoms with Gasteiger partial charge in [0.15, 0.2) is 0 Å². The molecule has 0 aliphatic carbocycles. The molecular formula is C20H24N2O3. The minimum absolute atomic E-state index is 0.270. The average Bonchev–Trinajstić information content (AvgIpc) is 2.57. The van der Waals surface area contributed by atoms with E-state index in [4.69, 9.17) is 4.74 Å². The number of amides is 2. The molecule has 0 spiro atoms. The number of anilines is 1. The molecule has 0 radical (unpaired) electrons. The molecule has 0 saturated heterocycles. The lowest BCUT2D eigenvalue weighted by molar-refractivity contribution is 0.0526. The molecule has 0 fully saturated rings. The minimum Gasteiger partial charge on any atom is -0.462 e. The maximum absolute atomic E-state index is 11.9. The van der Waals surface area contributed by atoms with Crippen LogP contribution in [0.25, 0.3) is 0 Å². The second-order valence-corrected chi connectivity index (χ2v) is 5.86. The van der Waals surface area contributed by atoms with E-state index in [1.165, 1.54) is 16.7 Å². The Kier molecular flexibility index (Phi) is 6.57. The first-order chi connectivity index (χ1) is 12.0. The number of nitrogens with one attached hydrogen (secondary N) is 2. The molecule has 0 aliphatic heterocycles. The predicted octanol–water partition coefficient (Wildman–Crippen LogP) is 3.84. The van der Waals surface area contributed by atoms with E-state index in [0.29, 0.717) is 24.4 Å². The zero-order chi connectivity index (χ0) is 18.2. The number of benzene rings is 2. The monoisotopic (exact) mass is 340 g/mol. The molecule has 2 amide bonds. The highest BCUT2D eigenvalue weighted by atomic mass is 16.5. The lowest BCUT2D eigenvalue weighted by Gasteiger charge is -2.10. The van der Waals surface area contributed by atoms with E-state index in [-0.39, 0.29) is 12.0 Å². The Balaban J connectivity index is 1.81. The van der Waals surface area contributed by atoms with Crippen LogP contribution < -0.4 is 10.6 Å². The lowest BCUT2D eigenvalue weighted by atomic mass is 10.0. The normalized spacial score (nSPS) is 10.2. The summed E-state index contributed by atoms with van der Waals surface area (Å²) < 4.78 is 4.92. The standard InChI is InChI=1S/C20H24N2O3/c1-4-25-19(23)17-7-9-18(10-8-17)22-20(24)21-12-11-16-6-5-14(2)13-15(16)3/h5-10,13H,4,11-12H2,1-3H3,(H2,21,22,24). The van der Waals surface area contributed by atoms with Crippen LogP contribution >= 0.6 is 0 Å². The van der Waals surface area contributed by atoms with Crippen LogP contribution in [0.2, 0.25) is 0 Å². The number of rotatable bonds is 6. The first kappa shape index (κ1) is 18.5. The topological polar surface area (TPSA) is 67.4 Å². The molecular weight excluding hydrogens is 316 g/mol. The second-order valence-electron chi connectivity index (χ2n) is 5.86. The van der Waals surface area contributed by atoms with Gasteiger partial charge in [-0.2, -0.15) is 0 Å². The Labute approximate surface area is 148 Å². The minimum atomic E-state index is -0.369. The molecule has 2 aromatic carbocycles. The van der Waals surface area contributed by atoms with E-state index >= 15 is 0 Å². The summed E-state index contributed by atoms with van der Waals surface area (Å²) in [7, 11) is 0. The van der Waals surface area contributed by atoms with Gasteiger partial charge in [0.2, 0.25) is 0 Å². The van der Waals surface area contributed by atoms with E-state index in [1.54, 1.807) is 31.2 Å². The molecule has 2 aromatic rings. The van der Waals surface area contributed by atoms with Gasteiger partial charge in [-0.15, -0.1) is 0 Å². The Morgan fingerprint density at radius 2 is 1.76 bits per heavy atom. The molecule has 2 N–H and O–H groups in total. The third kappa shape index (κ3) is 5.64. The Morgan fingerprint density at radius 3 is 2.40 bits per heavy atom. The van der Waals surface area contributed by atoms with Crippen molar-refractivity contribution in [2.75, 3.05) is 18.5 Å². The van der Waals surface area contributed by atoms with Crippen LogP contribution in [0, 0.1) is 13.8 Å². The molecule has 0 saturated carbocycles. The van der Waals surface area contributed by atoms with Gasteiger partial charge in [0.1, 0.15) is 0 Å². The molecule has 132 valence electrons. The van der Waals surface area contributed by atoms with Crippen molar-refractivity contribution >= 4 is 17.7 Å². The third-order valence-electron chi connectivity index (χ3n) is 3.83. The number of hydrogen-bond acceptors (Lipinski definition) is 3. The van der Waals surface area contributed by atoms with Gasteiger partial charge in [-0.3, -0.25) is 0 Å². The highest BCUT2D eigenvalue weighted by Crippen LogP contribution is 2.12. The molecule has 25 heavy (non-hydrogen) atoms. The van der Waals surface area contributed by atoms with Crippen molar-refractivity contribution in [1.29, 1.82) is 0 Å². The molecule has 0 heterocycles. The predicted molar refractivity (Wildman–Crippen MR) is 99.0 cm³/mol. The van der Waals surface area contributed by atoms with E-state index in [2.05, 4.69) is 42.7 Å². The summed E-state index contributed by atoms with van der Waals surface area (Å²) in [5.74, 6) is -0.369. The fourth-order valence-corrected chi connectivity index (χ4v) is 2.52. The summed E-state index contributed by atoms with van der Waals surface area (Å²) in [6, 6.07) is 12.7.